The van der Waals surface area contributed by atoms with Crippen LogP contribution in [0.4, 0.5) is 17.1 Å². The summed E-state index contributed by atoms with van der Waals surface area (Å²) in [5.74, 6) is 0.358. The lowest BCUT2D eigenvalue weighted by molar-refractivity contribution is 0.101. The maximum atomic E-state index is 13.0. The second-order valence-corrected chi connectivity index (χ2v) is 8.79. The molecule has 2 amide bonds. The third kappa shape index (κ3) is 6.12. The molecular weight excluding hydrogens is 482 g/mol. The van der Waals surface area contributed by atoms with E-state index in [1.54, 1.807) is 55.6 Å². The second-order valence-electron chi connectivity index (χ2n) is 8.79. The molecule has 0 aromatic heterocycles. The fraction of sp³-hybridized carbons (Fsp3) is 0.207. The molecule has 1 fully saturated rings. The predicted octanol–water partition coefficient (Wildman–Crippen LogP) is 4.59. The van der Waals surface area contributed by atoms with Crippen LogP contribution >= 0.6 is 0 Å². The number of aromatic hydroxyl groups is 1. The highest BCUT2D eigenvalue weighted by molar-refractivity contribution is 6.11. The van der Waals surface area contributed by atoms with Crippen molar-refractivity contribution in [2.45, 2.75) is 6.42 Å². The summed E-state index contributed by atoms with van der Waals surface area (Å²) in [5.41, 5.74) is 2.23. The van der Waals surface area contributed by atoms with Crippen LogP contribution in [0.15, 0.2) is 84.1 Å². The number of para-hydroxylation sites is 1. The average Bonchev–Trinajstić information content (AvgIpc) is 3.21. The van der Waals surface area contributed by atoms with E-state index < -0.39 is 5.91 Å². The van der Waals surface area contributed by atoms with Gasteiger partial charge in [0, 0.05) is 43.0 Å². The Morgan fingerprint density at radius 3 is 2.21 bits per heavy atom. The topological polar surface area (TPSA) is 107 Å². The van der Waals surface area contributed by atoms with E-state index in [4.69, 9.17) is 4.74 Å². The van der Waals surface area contributed by atoms with E-state index in [0.29, 0.717) is 22.7 Å². The number of hydrogen-bond donors (Lipinski definition) is 3. The van der Waals surface area contributed by atoms with Crippen molar-refractivity contribution in [3.63, 3.8) is 0 Å². The Labute approximate surface area is 222 Å². The monoisotopic (exact) mass is 513 g/mol. The number of phenolic OH excluding ortho intramolecular Hbond substituents is 1. The molecule has 3 aromatic rings. The van der Waals surface area contributed by atoms with E-state index in [1.165, 1.54) is 6.07 Å². The highest BCUT2D eigenvalue weighted by Gasteiger charge is 2.18. The highest BCUT2D eigenvalue weighted by atomic mass is 16.5. The van der Waals surface area contributed by atoms with E-state index in [9.17, 15) is 14.7 Å². The Bertz CT molecular complexity index is 1320. The molecule has 4 rings (SSSR count). The first-order valence-corrected chi connectivity index (χ1v) is 12.2. The minimum Gasteiger partial charge on any atom is -0.506 e. The number of anilines is 3. The number of carbonyl (C=O) groups is 2. The molecule has 3 N–H and O–H groups in total. The van der Waals surface area contributed by atoms with Crippen LogP contribution in [0.2, 0.25) is 0 Å². The van der Waals surface area contributed by atoms with Gasteiger partial charge in [-0.25, -0.2) is 4.99 Å². The number of ether oxygens (including phenoxy) is 1. The summed E-state index contributed by atoms with van der Waals surface area (Å²) in [4.78, 5) is 34.1. The van der Waals surface area contributed by atoms with Crippen LogP contribution in [0.25, 0.3) is 0 Å². The maximum Gasteiger partial charge on any atom is 0.255 e. The van der Waals surface area contributed by atoms with Gasteiger partial charge in [0.15, 0.2) is 0 Å². The number of methoxy groups -OCH3 is 1. The van der Waals surface area contributed by atoms with Crippen LogP contribution in [-0.4, -0.2) is 61.8 Å². The lowest BCUT2D eigenvalue weighted by Gasteiger charge is -2.24. The van der Waals surface area contributed by atoms with Crippen molar-refractivity contribution >= 4 is 35.6 Å². The van der Waals surface area contributed by atoms with E-state index in [2.05, 4.69) is 38.7 Å². The van der Waals surface area contributed by atoms with Crippen LogP contribution in [0, 0.1) is 0 Å². The molecule has 0 bridgehead atoms. The zero-order chi connectivity index (χ0) is 27.1. The van der Waals surface area contributed by atoms with Crippen LogP contribution in [-0.2, 0) is 0 Å². The van der Waals surface area contributed by atoms with Gasteiger partial charge in [0.1, 0.15) is 23.0 Å². The van der Waals surface area contributed by atoms with Gasteiger partial charge in [-0.2, -0.15) is 0 Å². The van der Waals surface area contributed by atoms with Crippen molar-refractivity contribution in [3.8, 4) is 11.5 Å². The third-order valence-corrected chi connectivity index (χ3v) is 6.42. The van der Waals surface area contributed by atoms with E-state index in [-0.39, 0.29) is 23.0 Å². The SMILES string of the molecule is C=NC(=C)N1CCCN(c2ccc(C(=O)Nc3c(O)cccc3NC(=O)c3ccc(OC)cc3)cc2)CC1. The molecule has 1 saturated heterocycles. The normalized spacial score (nSPS) is 13.3. The largest absolute Gasteiger partial charge is 0.506 e. The van der Waals surface area contributed by atoms with Crippen molar-refractivity contribution in [2.24, 2.45) is 4.99 Å². The Morgan fingerprint density at radius 2 is 1.55 bits per heavy atom. The molecule has 9 heteroatoms. The number of nitrogens with one attached hydrogen (secondary N) is 2. The number of rotatable bonds is 8. The Hall–Kier alpha value is -4.79. The van der Waals surface area contributed by atoms with Gasteiger partial charge >= 0.3 is 0 Å². The Kier molecular flexibility index (Phi) is 8.27. The van der Waals surface area contributed by atoms with Gasteiger partial charge in [0.2, 0.25) is 0 Å². The molecule has 0 aliphatic carbocycles. The number of carbonyl (C=O) groups excluding carboxylic acids is 2. The molecule has 1 aliphatic heterocycles. The zero-order valence-electron chi connectivity index (χ0n) is 21.3. The molecule has 1 aliphatic rings. The average molecular weight is 514 g/mol. The lowest BCUT2D eigenvalue weighted by atomic mass is 10.1. The standard InChI is InChI=1S/C29H31N5O4/c1-20(30-2)33-16-5-17-34(19-18-33)23-12-8-21(9-13-23)29(37)32-27-25(6-4-7-26(27)35)31-28(36)22-10-14-24(38-3)15-11-22/h4,6-15,35H,1-2,5,16-19H2,3H3,(H,31,36)(H,32,37). The molecule has 0 radical (unpaired) electrons. The van der Waals surface area contributed by atoms with Crippen molar-refractivity contribution in [1.29, 1.82) is 0 Å². The first kappa shape index (κ1) is 26.3. The summed E-state index contributed by atoms with van der Waals surface area (Å²) in [5, 5.41) is 15.9. The number of hydrogen-bond acceptors (Lipinski definition) is 7. The van der Waals surface area contributed by atoms with Gasteiger partial charge in [-0.15, -0.1) is 0 Å². The lowest BCUT2D eigenvalue weighted by Crippen LogP contribution is -2.29. The van der Waals surface area contributed by atoms with Gasteiger partial charge in [-0.3, -0.25) is 9.59 Å². The number of benzene rings is 3. The molecule has 0 atom stereocenters. The first-order chi connectivity index (χ1) is 18.4. The van der Waals surface area contributed by atoms with Crippen LogP contribution < -0.4 is 20.3 Å². The van der Waals surface area contributed by atoms with Crippen LogP contribution in [0.3, 0.4) is 0 Å². The molecule has 1 heterocycles. The van der Waals surface area contributed by atoms with Crippen LogP contribution in [0.5, 0.6) is 11.5 Å². The van der Waals surface area contributed by atoms with Gasteiger partial charge < -0.3 is 30.3 Å². The predicted molar refractivity (Wildman–Crippen MR) is 151 cm³/mol. The summed E-state index contributed by atoms with van der Waals surface area (Å²) in [6, 6.07) is 18.6. The molecule has 0 saturated carbocycles. The summed E-state index contributed by atoms with van der Waals surface area (Å²) in [6.07, 6.45) is 0.953. The fourth-order valence-corrected chi connectivity index (χ4v) is 4.26. The maximum absolute atomic E-state index is 13.0. The van der Waals surface area contributed by atoms with E-state index >= 15 is 0 Å². The molecule has 3 aromatic carbocycles. The summed E-state index contributed by atoms with van der Waals surface area (Å²) >= 11 is 0. The summed E-state index contributed by atoms with van der Waals surface area (Å²) in [6.45, 7) is 10.8. The van der Waals surface area contributed by atoms with E-state index in [0.717, 1.165) is 38.3 Å². The smallest absolute Gasteiger partial charge is 0.255 e. The second kappa shape index (κ2) is 12.0. The highest BCUT2D eigenvalue weighted by Crippen LogP contribution is 2.32. The minimum absolute atomic E-state index is 0.118. The van der Waals surface area contributed by atoms with Gasteiger partial charge in [0.05, 0.1) is 12.8 Å². The Morgan fingerprint density at radius 1 is 0.895 bits per heavy atom. The van der Waals surface area contributed by atoms with Crippen molar-refractivity contribution in [1.82, 2.24) is 4.90 Å². The molecule has 0 unspecified atom stereocenters. The summed E-state index contributed by atoms with van der Waals surface area (Å²) < 4.78 is 5.13. The van der Waals surface area contributed by atoms with Crippen molar-refractivity contribution in [3.05, 3.63) is 90.3 Å². The van der Waals surface area contributed by atoms with Gasteiger partial charge in [-0.05, 0) is 73.8 Å². The first-order valence-electron chi connectivity index (χ1n) is 12.2. The van der Waals surface area contributed by atoms with Gasteiger partial charge in [0.25, 0.3) is 11.8 Å². The molecular formula is C29H31N5O4. The zero-order valence-corrected chi connectivity index (χ0v) is 21.3. The quantitative estimate of drug-likeness (QED) is 0.301. The number of nitrogens with zero attached hydrogens (tertiary/aromatic N) is 3. The van der Waals surface area contributed by atoms with Gasteiger partial charge in [-0.1, -0.05) is 12.6 Å². The Balaban J connectivity index is 1.44. The molecule has 196 valence electrons. The van der Waals surface area contributed by atoms with Crippen molar-refractivity contribution < 1.29 is 19.4 Å². The number of amides is 2. The number of phenols is 1. The minimum atomic E-state index is -0.409. The molecule has 0 spiro atoms. The third-order valence-electron chi connectivity index (χ3n) is 6.42. The summed E-state index contributed by atoms with van der Waals surface area (Å²) in [7, 11) is 1.55. The van der Waals surface area contributed by atoms with Crippen LogP contribution in [0.1, 0.15) is 27.1 Å². The van der Waals surface area contributed by atoms with E-state index in [1.807, 2.05) is 12.1 Å². The molecule has 38 heavy (non-hydrogen) atoms. The molecule has 9 nitrogen and oxygen atoms in total. The van der Waals surface area contributed by atoms with Crippen molar-refractivity contribution in [2.75, 3.05) is 48.8 Å². The number of aliphatic imine (C=N–C) groups is 1. The fourth-order valence-electron chi connectivity index (χ4n) is 4.26.